The van der Waals surface area contributed by atoms with Crippen molar-refractivity contribution in [2.45, 2.75) is 32.7 Å². The van der Waals surface area contributed by atoms with Crippen LogP contribution in [0.15, 0.2) is 47.6 Å². The van der Waals surface area contributed by atoms with E-state index < -0.39 is 0 Å². The topological polar surface area (TPSA) is 25.2 Å². The van der Waals surface area contributed by atoms with E-state index in [1.807, 2.05) is 18.3 Å². The summed E-state index contributed by atoms with van der Waals surface area (Å²) in [5.74, 6) is 0. The van der Waals surface area contributed by atoms with Crippen molar-refractivity contribution in [3.05, 3.63) is 74.9 Å². The fourth-order valence-corrected chi connectivity index (χ4v) is 3.89. The van der Waals surface area contributed by atoms with Gasteiger partial charge in [-0.2, -0.15) is 0 Å². The van der Waals surface area contributed by atoms with Crippen molar-refractivity contribution in [2.75, 3.05) is 0 Å². The summed E-state index contributed by atoms with van der Waals surface area (Å²) < 4.78 is 0. The van der Waals surface area contributed by atoms with E-state index in [2.05, 4.69) is 50.0 Å². The number of aromatic nitrogens is 1. The molecule has 1 aliphatic rings. The number of para-hydroxylation sites is 1. The molecule has 0 saturated carbocycles. The molecule has 0 bridgehead atoms. The second kappa shape index (κ2) is 5.82. The van der Waals surface area contributed by atoms with E-state index in [1.54, 1.807) is 0 Å². The Morgan fingerprint density at radius 2 is 1.88 bits per heavy atom. The molecule has 2 heterocycles. The van der Waals surface area contributed by atoms with Gasteiger partial charge in [-0.1, -0.05) is 47.5 Å². The Balaban J connectivity index is 1.96. The highest BCUT2D eigenvalue weighted by atomic mass is 35.5. The summed E-state index contributed by atoms with van der Waals surface area (Å²) in [5, 5.41) is 2.33. The number of halogens is 2. The maximum atomic E-state index is 6.50. The number of hydrogen-bond acceptors (Lipinski definition) is 2. The molecule has 0 fully saturated rings. The molecule has 3 aromatic rings. The number of pyridine rings is 1. The summed E-state index contributed by atoms with van der Waals surface area (Å²) in [4.78, 5) is 9.68. The van der Waals surface area contributed by atoms with Crippen molar-refractivity contribution in [2.24, 2.45) is 4.99 Å². The monoisotopic (exact) mass is 368 g/mol. The first kappa shape index (κ1) is 16.6. The molecule has 0 spiro atoms. The Kier molecular flexibility index (Phi) is 3.86. The molecule has 0 radical (unpaired) electrons. The fourth-order valence-electron chi connectivity index (χ4n) is 3.49. The molecule has 4 rings (SSSR count). The predicted molar refractivity (Wildman–Crippen MR) is 106 cm³/mol. The van der Waals surface area contributed by atoms with Gasteiger partial charge in [0.1, 0.15) is 0 Å². The van der Waals surface area contributed by atoms with E-state index in [0.29, 0.717) is 10.0 Å². The van der Waals surface area contributed by atoms with Gasteiger partial charge in [-0.05, 0) is 50.5 Å². The van der Waals surface area contributed by atoms with Crippen LogP contribution in [0.2, 0.25) is 10.0 Å². The Morgan fingerprint density at radius 3 is 2.68 bits per heavy atom. The molecule has 1 aliphatic heterocycles. The van der Waals surface area contributed by atoms with Gasteiger partial charge in [0.15, 0.2) is 0 Å². The van der Waals surface area contributed by atoms with Gasteiger partial charge in [-0.25, -0.2) is 0 Å². The van der Waals surface area contributed by atoms with Gasteiger partial charge in [0.05, 0.1) is 26.8 Å². The average Bonchev–Trinajstić information content (AvgIpc) is 2.57. The quantitative estimate of drug-likeness (QED) is 0.515. The van der Waals surface area contributed by atoms with Gasteiger partial charge in [-0.3, -0.25) is 9.98 Å². The standard InChI is InChI=1S/C21H18Cl2N2/c1-12-5-4-6-13-9-14(11-24-19(12)13)20-15-7-8-17(22)18(23)16(15)10-21(2,3)25-20/h4-9,11H,10H2,1-3H3. The molecule has 0 amide bonds. The number of aryl methyl sites for hydroxylation is 1. The van der Waals surface area contributed by atoms with Crippen LogP contribution in [0.3, 0.4) is 0 Å². The molecular formula is C21H18Cl2N2. The largest absolute Gasteiger partial charge is 0.278 e. The molecule has 0 saturated heterocycles. The third kappa shape index (κ3) is 2.84. The Labute approximate surface area is 157 Å². The maximum Gasteiger partial charge on any atom is 0.0744 e. The Bertz CT molecular complexity index is 1040. The molecule has 25 heavy (non-hydrogen) atoms. The molecule has 0 unspecified atom stereocenters. The summed E-state index contributed by atoms with van der Waals surface area (Å²) in [5.41, 5.74) is 6.00. The van der Waals surface area contributed by atoms with Gasteiger partial charge in [0.2, 0.25) is 0 Å². The highest BCUT2D eigenvalue weighted by Gasteiger charge is 2.30. The first-order valence-electron chi connectivity index (χ1n) is 8.28. The van der Waals surface area contributed by atoms with Crippen LogP contribution in [0, 0.1) is 6.92 Å². The second-order valence-electron chi connectivity index (χ2n) is 7.21. The normalized spacial score (nSPS) is 15.8. The van der Waals surface area contributed by atoms with Crippen molar-refractivity contribution in [3.63, 3.8) is 0 Å². The minimum atomic E-state index is -0.238. The predicted octanol–water partition coefficient (Wildman–Crippen LogP) is 6.02. The zero-order valence-corrected chi connectivity index (χ0v) is 15.9. The van der Waals surface area contributed by atoms with Crippen molar-refractivity contribution in [1.29, 1.82) is 0 Å². The van der Waals surface area contributed by atoms with Crippen molar-refractivity contribution >= 4 is 39.8 Å². The van der Waals surface area contributed by atoms with Crippen molar-refractivity contribution < 1.29 is 0 Å². The summed E-state index contributed by atoms with van der Waals surface area (Å²) in [7, 11) is 0. The van der Waals surface area contributed by atoms with Gasteiger partial charge >= 0.3 is 0 Å². The van der Waals surface area contributed by atoms with Gasteiger partial charge in [0, 0.05) is 22.7 Å². The average molecular weight is 369 g/mol. The van der Waals surface area contributed by atoms with Gasteiger partial charge in [0.25, 0.3) is 0 Å². The molecule has 2 nitrogen and oxygen atoms in total. The van der Waals surface area contributed by atoms with Crippen LogP contribution in [0.5, 0.6) is 0 Å². The summed E-state index contributed by atoms with van der Waals surface area (Å²) >= 11 is 12.7. The zero-order valence-electron chi connectivity index (χ0n) is 14.4. The molecule has 1 aromatic heterocycles. The molecule has 0 atom stereocenters. The van der Waals surface area contributed by atoms with Gasteiger partial charge < -0.3 is 0 Å². The third-order valence-electron chi connectivity index (χ3n) is 4.66. The van der Waals surface area contributed by atoms with Crippen LogP contribution in [-0.2, 0) is 6.42 Å². The van der Waals surface area contributed by atoms with E-state index in [0.717, 1.165) is 39.7 Å². The molecule has 4 heteroatoms. The van der Waals surface area contributed by atoms with E-state index >= 15 is 0 Å². The van der Waals surface area contributed by atoms with E-state index in [4.69, 9.17) is 28.2 Å². The van der Waals surface area contributed by atoms with Crippen molar-refractivity contribution in [1.82, 2.24) is 4.98 Å². The second-order valence-corrected chi connectivity index (χ2v) is 7.99. The number of benzene rings is 2. The molecular weight excluding hydrogens is 351 g/mol. The lowest BCUT2D eigenvalue weighted by Gasteiger charge is -2.30. The molecule has 2 aromatic carbocycles. The molecule has 0 N–H and O–H groups in total. The lowest BCUT2D eigenvalue weighted by Crippen LogP contribution is -2.29. The minimum Gasteiger partial charge on any atom is -0.278 e. The zero-order chi connectivity index (χ0) is 17.8. The summed E-state index contributed by atoms with van der Waals surface area (Å²) in [6, 6.07) is 12.2. The van der Waals surface area contributed by atoms with Gasteiger partial charge in [-0.15, -0.1) is 0 Å². The number of nitrogens with zero attached hydrogens (tertiary/aromatic N) is 2. The molecule has 126 valence electrons. The number of hydrogen-bond donors (Lipinski definition) is 0. The fraction of sp³-hybridized carbons (Fsp3) is 0.238. The first-order valence-corrected chi connectivity index (χ1v) is 9.04. The van der Waals surface area contributed by atoms with Crippen LogP contribution >= 0.6 is 23.2 Å². The number of aliphatic imine (C=N–C) groups is 1. The summed E-state index contributed by atoms with van der Waals surface area (Å²) in [6.07, 6.45) is 2.67. The van der Waals surface area contributed by atoms with Crippen LogP contribution in [0.4, 0.5) is 0 Å². The van der Waals surface area contributed by atoms with Crippen LogP contribution in [-0.4, -0.2) is 16.2 Å². The SMILES string of the molecule is Cc1cccc2cc(C3=NC(C)(C)Cc4c3ccc(Cl)c4Cl)cnc12. The van der Waals surface area contributed by atoms with E-state index in [1.165, 1.54) is 5.56 Å². The lowest BCUT2D eigenvalue weighted by molar-refractivity contribution is 0.513. The highest BCUT2D eigenvalue weighted by Crippen LogP contribution is 2.37. The minimum absolute atomic E-state index is 0.238. The van der Waals surface area contributed by atoms with Crippen LogP contribution in [0.25, 0.3) is 10.9 Å². The number of rotatable bonds is 1. The van der Waals surface area contributed by atoms with Crippen molar-refractivity contribution in [3.8, 4) is 0 Å². The third-order valence-corrected chi connectivity index (χ3v) is 5.50. The van der Waals surface area contributed by atoms with E-state index in [-0.39, 0.29) is 5.54 Å². The smallest absolute Gasteiger partial charge is 0.0744 e. The van der Waals surface area contributed by atoms with Crippen LogP contribution < -0.4 is 0 Å². The highest BCUT2D eigenvalue weighted by molar-refractivity contribution is 6.43. The van der Waals surface area contributed by atoms with Crippen LogP contribution in [0.1, 0.15) is 36.1 Å². The first-order chi connectivity index (χ1) is 11.9. The van der Waals surface area contributed by atoms with E-state index in [9.17, 15) is 0 Å². The Morgan fingerprint density at radius 1 is 1.08 bits per heavy atom. The lowest BCUT2D eigenvalue weighted by atomic mass is 9.85. The number of fused-ring (bicyclic) bond motifs is 2. The summed E-state index contributed by atoms with van der Waals surface area (Å²) in [6.45, 7) is 6.31. The Hall–Kier alpha value is -1.90. The maximum absolute atomic E-state index is 6.50. The molecule has 0 aliphatic carbocycles.